The van der Waals surface area contributed by atoms with E-state index >= 15 is 0 Å². The Morgan fingerprint density at radius 3 is 2.43 bits per heavy atom. The zero-order chi connectivity index (χ0) is 46.7. The van der Waals surface area contributed by atoms with Crippen LogP contribution in [0.5, 0.6) is 0 Å². The van der Waals surface area contributed by atoms with E-state index < -0.39 is 0 Å². The lowest BCUT2D eigenvalue weighted by atomic mass is 9.62. The summed E-state index contributed by atoms with van der Waals surface area (Å²) in [4.78, 5) is 12.8. The SMILES string of the molecule is CC1C=c2c(c3c(n2-c2ccccc2)CCC2=C3SC3C=C(C4C=CC(C5CC(C6C=CC=CC6)=C(C6=CCCCC6)C(C)C5)CC4C4=NC(C5C=CC=CC5)N=C(C5=CC=CCC5)N4)CCC23)=CC1. The van der Waals surface area contributed by atoms with E-state index in [0.29, 0.717) is 46.7 Å². The number of hydrogen-bond donors (Lipinski definition) is 1. The Labute approximate surface area is 421 Å². The number of fused-ring (bicyclic) bond motifs is 6. The highest BCUT2D eigenvalue weighted by Crippen LogP contribution is 2.57. The smallest absolute Gasteiger partial charge is 0.150 e. The van der Waals surface area contributed by atoms with Gasteiger partial charge in [0.05, 0.1) is 0 Å². The fraction of sp³-hybridized carbons (Fsp3) is 0.446. The van der Waals surface area contributed by atoms with E-state index in [1.54, 1.807) is 38.3 Å². The van der Waals surface area contributed by atoms with Gasteiger partial charge in [0.15, 0.2) is 0 Å². The predicted molar refractivity (Wildman–Crippen MR) is 296 cm³/mol. The number of aromatic nitrogens is 1. The molecule has 3 heterocycles. The van der Waals surface area contributed by atoms with Crippen LogP contribution in [0.3, 0.4) is 0 Å². The van der Waals surface area contributed by atoms with Crippen LogP contribution in [0.4, 0.5) is 0 Å². The summed E-state index contributed by atoms with van der Waals surface area (Å²) in [6.45, 7) is 4.96. The number of thioether (sulfide) groups is 1. The molecule has 11 aliphatic rings. The van der Waals surface area contributed by atoms with Gasteiger partial charge in [0.2, 0.25) is 0 Å². The molecule has 0 fully saturated rings. The van der Waals surface area contributed by atoms with Crippen molar-refractivity contribution < 1.29 is 0 Å². The number of para-hydroxylation sites is 1. The van der Waals surface area contributed by atoms with Crippen LogP contribution in [0, 0.1) is 53.3 Å². The van der Waals surface area contributed by atoms with Gasteiger partial charge in [0.25, 0.3) is 0 Å². The Morgan fingerprint density at radius 2 is 1.61 bits per heavy atom. The van der Waals surface area contributed by atoms with Gasteiger partial charge in [-0.3, -0.25) is 0 Å². The molecule has 13 rings (SSSR count). The predicted octanol–water partition coefficient (Wildman–Crippen LogP) is 14.1. The lowest BCUT2D eigenvalue weighted by Crippen LogP contribution is -2.46. The molecule has 0 saturated carbocycles. The summed E-state index contributed by atoms with van der Waals surface area (Å²) in [6, 6.07) is 11.2. The van der Waals surface area contributed by atoms with E-state index in [4.69, 9.17) is 9.98 Å². The third-order valence-corrected chi connectivity index (χ3v) is 19.8. The van der Waals surface area contributed by atoms with Gasteiger partial charge in [-0.2, -0.15) is 0 Å². The second kappa shape index (κ2) is 19.1. The van der Waals surface area contributed by atoms with Gasteiger partial charge in [-0.25, -0.2) is 9.98 Å². The number of rotatable bonds is 8. The maximum atomic E-state index is 5.77. The lowest BCUT2D eigenvalue weighted by Gasteiger charge is -2.44. The van der Waals surface area contributed by atoms with Crippen molar-refractivity contribution in [3.63, 3.8) is 0 Å². The Balaban J connectivity index is 0.865. The van der Waals surface area contributed by atoms with Gasteiger partial charge < -0.3 is 9.88 Å². The first-order chi connectivity index (χ1) is 34.5. The molecular formula is C65H72N4S. The molecule has 0 spiro atoms. The summed E-state index contributed by atoms with van der Waals surface area (Å²) in [7, 11) is 0. The number of aliphatic imine (C=N–C) groups is 2. The summed E-state index contributed by atoms with van der Waals surface area (Å²) in [5, 5.41) is 7.46. The fourth-order valence-electron chi connectivity index (χ4n) is 14.9. The maximum Gasteiger partial charge on any atom is 0.150 e. The number of nitrogens with one attached hydrogen (secondary N) is 1. The molecule has 0 bridgehead atoms. The van der Waals surface area contributed by atoms with E-state index in [9.17, 15) is 0 Å². The number of allylic oxidation sites excluding steroid dienone is 18. The van der Waals surface area contributed by atoms with E-state index in [0.717, 1.165) is 50.8 Å². The molecule has 358 valence electrons. The minimum Gasteiger partial charge on any atom is -0.328 e. The van der Waals surface area contributed by atoms with Crippen molar-refractivity contribution >= 4 is 40.5 Å². The van der Waals surface area contributed by atoms with Crippen LogP contribution >= 0.6 is 11.8 Å². The van der Waals surface area contributed by atoms with Crippen molar-refractivity contribution in [1.82, 2.24) is 9.88 Å². The molecule has 70 heavy (non-hydrogen) atoms. The normalized spacial score (nSPS) is 34.2. The van der Waals surface area contributed by atoms with Crippen LogP contribution in [0.2, 0.25) is 0 Å². The lowest BCUT2D eigenvalue weighted by molar-refractivity contribution is 0.253. The third-order valence-electron chi connectivity index (χ3n) is 18.3. The molecule has 4 nitrogen and oxygen atoms in total. The third kappa shape index (κ3) is 8.24. The highest BCUT2D eigenvalue weighted by atomic mass is 32.2. The maximum absolute atomic E-state index is 5.77. The van der Waals surface area contributed by atoms with Crippen LogP contribution in [0.15, 0.2) is 165 Å². The standard InChI is InChI=1S/C65H72N4S/c1-41-28-31-54-58(36-41)69(50-26-16-7-17-27-50)57-35-34-53-52-33-30-48(40-59(52)70-62(53)61(54)57)51-32-29-47(49-37-42(2)60(44-20-10-4-11-21-44)55(39-49)43-18-8-3-9-19-43)38-56(51)65-67-63(45-22-12-5-13-23-45)66-64(68-65)46-24-14-6-15-25-46/h3,5-9,12-14,16-18,20,22,24,26-27,29,31-32,36,40-43,45,47,49,51-52,56,59,63H,4,10-11,15,19,21,23,25,28,30,33-35,37-39H2,1-2H3,(H,66,67,68). The van der Waals surface area contributed by atoms with Gasteiger partial charge in [0, 0.05) is 61.3 Å². The van der Waals surface area contributed by atoms with Crippen LogP contribution < -0.4 is 15.9 Å². The molecule has 11 unspecified atom stereocenters. The summed E-state index contributed by atoms with van der Waals surface area (Å²) < 4.78 is 2.63. The summed E-state index contributed by atoms with van der Waals surface area (Å²) in [5.41, 5.74) is 14.3. The monoisotopic (exact) mass is 941 g/mol. The van der Waals surface area contributed by atoms with E-state index in [1.807, 2.05) is 0 Å². The summed E-state index contributed by atoms with van der Waals surface area (Å²) in [5.74, 6) is 6.52. The Bertz CT molecular complexity index is 2980. The summed E-state index contributed by atoms with van der Waals surface area (Å²) >= 11 is 2.21. The Hall–Kier alpha value is -5.13. The van der Waals surface area contributed by atoms with Gasteiger partial charge in [-0.05, 0) is 161 Å². The van der Waals surface area contributed by atoms with Gasteiger partial charge in [-0.1, -0.05) is 152 Å². The Morgan fingerprint density at radius 1 is 0.714 bits per heavy atom. The van der Waals surface area contributed by atoms with E-state index in [-0.39, 0.29) is 18.0 Å². The van der Waals surface area contributed by atoms with Crippen molar-refractivity contribution in [2.75, 3.05) is 0 Å². The molecule has 2 aliphatic heterocycles. The molecular weight excluding hydrogens is 869 g/mol. The summed E-state index contributed by atoms with van der Waals surface area (Å²) in [6.07, 6.45) is 60.2. The molecule has 0 radical (unpaired) electrons. The van der Waals surface area contributed by atoms with Crippen molar-refractivity contribution in [3.05, 3.63) is 177 Å². The zero-order valence-electron chi connectivity index (χ0n) is 41.6. The van der Waals surface area contributed by atoms with Crippen molar-refractivity contribution in [1.29, 1.82) is 0 Å². The first-order valence-corrected chi connectivity index (χ1v) is 28.6. The van der Waals surface area contributed by atoms with Gasteiger partial charge >= 0.3 is 0 Å². The minimum atomic E-state index is -0.114. The molecule has 0 amide bonds. The minimum absolute atomic E-state index is 0.114. The number of nitrogens with zero attached hydrogens (tertiary/aromatic N) is 3. The molecule has 11 atom stereocenters. The van der Waals surface area contributed by atoms with Crippen LogP contribution in [0.25, 0.3) is 22.7 Å². The molecule has 9 aliphatic carbocycles. The molecule has 1 aromatic carbocycles. The van der Waals surface area contributed by atoms with Crippen molar-refractivity contribution in [2.45, 2.75) is 128 Å². The highest BCUT2D eigenvalue weighted by Gasteiger charge is 2.45. The molecule has 5 heteroatoms. The van der Waals surface area contributed by atoms with Crippen molar-refractivity contribution in [2.24, 2.45) is 63.2 Å². The quantitative estimate of drug-likeness (QED) is 0.268. The van der Waals surface area contributed by atoms with Crippen molar-refractivity contribution in [3.8, 4) is 5.69 Å². The van der Waals surface area contributed by atoms with Gasteiger partial charge in [-0.15, -0.1) is 11.8 Å². The number of hydrogen-bond acceptors (Lipinski definition) is 4. The molecule has 2 aromatic rings. The zero-order valence-corrected chi connectivity index (χ0v) is 42.4. The largest absolute Gasteiger partial charge is 0.328 e. The molecule has 1 N–H and O–H groups in total. The van der Waals surface area contributed by atoms with E-state index in [2.05, 4.69) is 169 Å². The molecule has 0 saturated heterocycles. The average Bonchev–Trinajstić information content (AvgIpc) is 3.96. The number of benzene rings is 1. The highest BCUT2D eigenvalue weighted by molar-refractivity contribution is 8.09. The Kier molecular flexibility index (Phi) is 12.2. The number of amidine groups is 2. The first kappa shape index (κ1) is 44.8. The first-order valence-electron chi connectivity index (χ1n) is 27.7. The molecule has 1 aromatic heterocycles. The average molecular weight is 941 g/mol. The van der Waals surface area contributed by atoms with Crippen LogP contribution in [-0.2, 0) is 6.42 Å². The van der Waals surface area contributed by atoms with Gasteiger partial charge in [0.1, 0.15) is 17.8 Å². The fourth-order valence-corrected chi connectivity index (χ4v) is 16.6. The topological polar surface area (TPSA) is 41.7 Å². The van der Waals surface area contributed by atoms with E-state index in [1.165, 1.54) is 91.1 Å². The van der Waals surface area contributed by atoms with Crippen LogP contribution in [-0.4, -0.2) is 27.7 Å². The van der Waals surface area contributed by atoms with Crippen LogP contribution in [0.1, 0.15) is 121 Å². The second-order valence-electron chi connectivity index (χ2n) is 22.7. The second-order valence-corrected chi connectivity index (χ2v) is 23.9.